The SMILES string of the molecule is CCCn1ccnc1C(C)(C)CC(C)NC. The van der Waals surface area contributed by atoms with Crippen molar-refractivity contribution in [2.75, 3.05) is 7.05 Å². The Labute approximate surface area is 99.3 Å². The standard InChI is InChI=1S/C13H25N3/c1-6-8-16-9-7-15-12(16)13(3,4)10-11(2)14-5/h7,9,11,14H,6,8,10H2,1-5H3. The van der Waals surface area contributed by atoms with Gasteiger partial charge in [0.05, 0.1) is 0 Å². The van der Waals surface area contributed by atoms with E-state index in [4.69, 9.17) is 0 Å². The molecule has 3 heteroatoms. The van der Waals surface area contributed by atoms with Gasteiger partial charge in [0.2, 0.25) is 0 Å². The van der Waals surface area contributed by atoms with E-state index in [0.717, 1.165) is 19.4 Å². The van der Waals surface area contributed by atoms with Gasteiger partial charge < -0.3 is 9.88 Å². The lowest BCUT2D eigenvalue weighted by Crippen LogP contribution is -2.33. The summed E-state index contributed by atoms with van der Waals surface area (Å²) in [5.41, 5.74) is 0.126. The van der Waals surface area contributed by atoms with E-state index in [1.54, 1.807) is 0 Å². The zero-order valence-electron chi connectivity index (χ0n) is 11.2. The normalized spacial score (nSPS) is 14.1. The summed E-state index contributed by atoms with van der Waals surface area (Å²) in [4.78, 5) is 4.53. The maximum absolute atomic E-state index is 4.53. The van der Waals surface area contributed by atoms with Gasteiger partial charge in [0, 0.05) is 30.4 Å². The molecule has 16 heavy (non-hydrogen) atoms. The molecule has 0 radical (unpaired) electrons. The van der Waals surface area contributed by atoms with Crippen molar-refractivity contribution in [2.45, 2.75) is 58.5 Å². The third-order valence-corrected chi connectivity index (χ3v) is 3.09. The highest BCUT2D eigenvalue weighted by Gasteiger charge is 2.27. The van der Waals surface area contributed by atoms with Gasteiger partial charge in [-0.3, -0.25) is 0 Å². The van der Waals surface area contributed by atoms with Gasteiger partial charge in [-0.1, -0.05) is 20.8 Å². The smallest absolute Gasteiger partial charge is 0.114 e. The first kappa shape index (κ1) is 13.2. The van der Waals surface area contributed by atoms with Crippen LogP contribution in [-0.2, 0) is 12.0 Å². The number of hydrogen-bond acceptors (Lipinski definition) is 2. The van der Waals surface area contributed by atoms with Crippen LogP contribution in [-0.4, -0.2) is 22.6 Å². The van der Waals surface area contributed by atoms with Crippen LogP contribution in [0.2, 0.25) is 0 Å². The van der Waals surface area contributed by atoms with Gasteiger partial charge in [0.15, 0.2) is 0 Å². The molecular weight excluding hydrogens is 198 g/mol. The molecule has 0 saturated heterocycles. The molecule has 1 unspecified atom stereocenters. The summed E-state index contributed by atoms with van der Waals surface area (Å²) in [6, 6.07) is 0.516. The molecule has 1 heterocycles. The molecule has 0 aliphatic carbocycles. The average Bonchev–Trinajstić information content (AvgIpc) is 2.66. The number of aryl methyl sites for hydroxylation is 1. The number of hydrogen-bond donors (Lipinski definition) is 1. The van der Waals surface area contributed by atoms with Gasteiger partial charge in [-0.05, 0) is 26.8 Å². The number of imidazole rings is 1. The van der Waals surface area contributed by atoms with E-state index in [-0.39, 0.29) is 5.41 Å². The van der Waals surface area contributed by atoms with Crippen molar-refractivity contribution >= 4 is 0 Å². The van der Waals surface area contributed by atoms with Crippen LogP contribution in [0, 0.1) is 0 Å². The minimum Gasteiger partial charge on any atom is -0.335 e. The van der Waals surface area contributed by atoms with E-state index >= 15 is 0 Å². The monoisotopic (exact) mass is 223 g/mol. The van der Waals surface area contributed by atoms with Crippen LogP contribution in [0.15, 0.2) is 12.4 Å². The fourth-order valence-electron chi connectivity index (χ4n) is 2.27. The van der Waals surface area contributed by atoms with Crippen LogP contribution in [0.4, 0.5) is 0 Å². The van der Waals surface area contributed by atoms with Crippen LogP contribution >= 0.6 is 0 Å². The van der Waals surface area contributed by atoms with Crippen molar-refractivity contribution in [2.24, 2.45) is 0 Å². The van der Waals surface area contributed by atoms with E-state index in [1.807, 2.05) is 13.2 Å². The Hall–Kier alpha value is -0.830. The summed E-state index contributed by atoms with van der Waals surface area (Å²) >= 11 is 0. The maximum atomic E-state index is 4.53. The Morgan fingerprint density at radius 3 is 2.75 bits per heavy atom. The van der Waals surface area contributed by atoms with E-state index in [1.165, 1.54) is 5.82 Å². The number of aromatic nitrogens is 2. The van der Waals surface area contributed by atoms with Crippen molar-refractivity contribution in [1.29, 1.82) is 0 Å². The molecule has 0 aliphatic rings. The first-order valence-electron chi connectivity index (χ1n) is 6.20. The molecule has 0 spiro atoms. The highest BCUT2D eigenvalue weighted by atomic mass is 15.1. The molecule has 0 saturated carbocycles. The molecular formula is C13H25N3. The van der Waals surface area contributed by atoms with E-state index < -0.39 is 0 Å². The van der Waals surface area contributed by atoms with Crippen molar-refractivity contribution < 1.29 is 0 Å². The lowest BCUT2D eigenvalue weighted by atomic mass is 9.85. The third-order valence-electron chi connectivity index (χ3n) is 3.09. The van der Waals surface area contributed by atoms with Crippen molar-refractivity contribution in [3.63, 3.8) is 0 Å². The molecule has 92 valence electrons. The van der Waals surface area contributed by atoms with Gasteiger partial charge in [0.1, 0.15) is 5.82 Å². The van der Waals surface area contributed by atoms with E-state index in [9.17, 15) is 0 Å². The van der Waals surface area contributed by atoms with Crippen LogP contribution < -0.4 is 5.32 Å². The second kappa shape index (κ2) is 5.48. The molecule has 1 atom stereocenters. The van der Waals surface area contributed by atoms with Crippen LogP contribution in [0.25, 0.3) is 0 Å². The first-order chi connectivity index (χ1) is 7.51. The van der Waals surface area contributed by atoms with Crippen molar-refractivity contribution in [3.8, 4) is 0 Å². The number of rotatable bonds is 6. The average molecular weight is 223 g/mol. The summed E-state index contributed by atoms with van der Waals surface area (Å²) in [7, 11) is 2.01. The third kappa shape index (κ3) is 3.08. The Bertz CT molecular complexity index is 315. The Morgan fingerprint density at radius 1 is 1.50 bits per heavy atom. The van der Waals surface area contributed by atoms with Gasteiger partial charge in [-0.15, -0.1) is 0 Å². The molecule has 1 N–H and O–H groups in total. The van der Waals surface area contributed by atoms with Gasteiger partial charge in [-0.25, -0.2) is 4.98 Å². The lowest BCUT2D eigenvalue weighted by molar-refractivity contribution is 0.372. The fraction of sp³-hybridized carbons (Fsp3) is 0.769. The fourth-order valence-corrected chi connectivity index (χ4v) is 2.27. The van der Waals surface area contributed by atoms with Gasteiger partial charge in [-0.2, -0.15) is 0 Å². The van der Waals surface area contributed by atoms with Crippen LogP contribution in [0.5, 0.6) is 0 Å². The van der Waals surface area contributed by atoms with Crippen molar-refractivity contribution in [3.05, 3.63) is 18.2 Å². The topological polar surface area (TPSA) is 29.9 Å². The molecule has 1 aromatic heterocycles. The highest BCUT2D eigenvalue weighted by molar-refractivity contribution is 5.07. The summed E-state index contributed by atoms with van der Waals surface area (Å²) in [6.45, 7) is 10.0. The zero-order valence-corrected chi connectivity index (χ0v) is 11.2. The molecule has 3 nitrogen and oxygen atoms in total. The number of nitrogens with one attached hydrogen (secondary N) is 1. The molecule has 0 aliphatic heterocycles. The highest BCUT2D eigenvalue weighted by Crippen LogP contribution is 2.27. The Morgan fingerprint density at radius 2 is 2.19 bits per heavy atom. The number of nitrogens with zero attached hydrogens (tertiary/aromatic N) is 2. The molecule has 0 fully saturated rings. The summed E-state index contributed by atoms with van der Waals surface area (Å²) in [5, 5.41) is 3.30. The molecule has 1 aromatic rings. The van der Waals surface area contributed by atoms with Gasteiger partial charge >= 0.3 is 0 Å². The Balaban J connectivity index is 2.83. The van der Waals surface area contributed by atoms with E-state index in [0.29, 0.717) is 6.04 Å². The second-order valence-electron chi connectivity index (χ2n) is 5.22. The van der Waals surface area contributed by atoms with Crippen molar-refractivity contribution in [1.82, 2.24) is 14.9 Å². The minimum absolute atomic E-state index is 0.126. The minimum atomic E-state index is 0.126. The first-order valence-corrected chi connectivity index (χ1v) is 6.20. The van der Waals surface area contributed by atoms with Gasteiger partial charge in [0.25, 0.3) is 0 Å². The molecule has 0 amide bonds. The quantitative estimate of drug-likeness (QED) is 0.803. The van der Waals surface area contributed by atoms with Crippen LogP contribution in [0.1, 0.15) is 46.4 Å². The predicted molar refractivity (Wildman–Crippen MR) is 68.7 cm³/mol. The predicted octanol–water partition coefficient (Wildman–Crippen LogP) is 2.57. The molecule has 1 rings (SSSR count). The van der Waals surface area contributed by atoms with E-state index in [2.05, 4.69) is 48.8 Å². The Kier molecular flexibility index (Phi) is 4.54. The largest absolute Gasteiger partial charge is 0.335 e. The van der Waals surface area contributed by atoms with Crippen LogP contribution in [0.3, 0.4) is 0 Å². The zero-order chi connectivity index (χ0) is 12.2. The molecule has 0 aromatic carbocycles. The molecule has 0 bridgehead atoms. The second-order valence-corrected chi connectivity index (χ2v) is 5.22. The summed E-state index contributed by atoms with van der Waals surface area (Å²) < 4.78 is 2.28. The maximum Gasteiger partial charge on any atom is 0.114 e. The summed E-state index contributed by atoms with van der Waals surface area (Å²) in [6.07, 6.45) is 6.26. The summed E-state index contributed by atoms with van der Waals surface area (Å²) in [5.74, 6) is 1.21. The lowest BCUT2D eigenvalue weighted by Gasteiger charge is -2.28.